The number of hydrogen-bond donors (Lipinski definition) is 1. The maximum Gasteiger partial charge on any atom is 0.194 e. The molecule has 7 nitrogen and oxygen atoms in total. The van der Waals surface area contributed by atoms with Crippen LogP contribution < -0.4 is 5.32 Å². The van der Waals surface area contributed by atoms with E-state index in [-0.39, 0.29) is 0 Å². The van der Waals surface area contributed by atoms with Crippen molar-refractivity contribution in [1.29, 1.82) is 0 Å². The molecule has 0 radical (unpaired) electrons. The second kappa shape index (κ2) is 11.3. The molecule has 2 unspecified atom stereocenters. The SMILES string of the molecule is CCNC(=NCC(CC(C)C)N1CCOCC1)N1CCC(N2CCOCC2)C1. The van der Waals surface area contributed by atoms with Crippen LogP contribution >= 0.6 is 0 Å². The number of hydrogen-bond acceptors (Lipinski definition) is 5. The van der Waals surface area contributed by atoms with Gasteiger partial charge in [0, 0.05) is 57.9 Å². The minimum Gasteiger partial charge on any atom is -0.379 e. The van der Waals surface area contributed by atoms with Crippen LogP contribution in [0.1, 0.15) is 33.6 Å². The normalized spacial score (nSPS) is 26.8. The Labute approximate surface area is 171 Å². The van der Waals surface area contributed by atoms with Crippen LogP contribution in [0, 0.1) is 5.92 Å². The van der Waals surface area contributed by atoms with Crippen molar-refractivity contribution in [3.63, 3.8) is 0 Å². The van der Waals surface area contributed by atoms with Crippen LogP contribution in [0.25, 0.3) is 0 Å². The average Bonchev–Trinajstić information content (AvgIpc) is 3.21. The van der Waals surface area contributed by atoms with Crippen molar-refractivity contribution in [3.05, 3.63) is 0 Å². The topological polar surface area (TPSA) is 52.6 Å². The Bertz CT molecular complexity index is 475. The van der Waals surface area contributed by atoms with Crippen LogP contribution in [0.3, 0.4) is 0 Å². The quantitative estimate of drug-likeness (QED) is 0.515. The van der Waals surface area contributed by atoms with Gasteiger partial charge >= 0.3 is 0 Å². The summed E-state index contributed by atoms with van der Waals surface area (Å²) >= 11 is 0. The number of rotatable bonds is 7. The van der Waals surface area contributed by atoms with E-state index < -0.39 is 0 Å². The highest BCUT2D eigenvalue weighted by molar-refractivity contribution is 5.80. The molecule has 3 rings (SSSR count). The van der Waals surface area contributed by atoms with Crippen molar-refractivity contribution in [2.75, 3.05) is 78.8 Å². The van der Waals surface area contributed by atoms with Crippen molar-refractivity contribution in [3.8, 4) is 0 Å². The Kier molecular flexibility index (Phi) is 8.83. The van der Waals surface area contributed by atoms with Crippen molar-refractivity contribution in [2.45, 2.75) is 45.7 Å². The van der Waals surface area contributed by atoms with E-state index in [4.69, 9.17) is 14.5 Å². The molecule has 2 atom stereocenters. The first-order valence-corrected chi connectivity index (χ1v) is 11.3. The minimum absolute atomic E-state index is 0.509. The van der Waals surface area contributed by atoms with Gasteiger partial charge in [0.15, 0.2) is 5.96 Å². The predicted molar refractivity (Wildman–Crippen MR) is 114 cm³/mol. The lowest BCUT2D eigenvalue weighted by molar-refractivity contribution is 0.0142. The van der Waals surface area contributed by atoms with E-state index in [9.17, 15) is 0 Å². The number of morpholine rings is 2. The van der Waals surface area contributed by atoms with Gasteiger partial charge in [0.1, 0.15) is 0 Å². The van der Waals surface area contributed by atoms with E-state index in [1.807, 2.05) is 0 Å². The van der Waals surface area contributed by atoms with Gasteiger partial charge in [-0.1, -0.05) is 13.8 Å². The molecule has 0 aromatic rings. The van der Waals surface area contributed by atoms with Gasteiger partial charge < -0.3 is 19.7 Å². The zero-order valence-corrected chi connectivity index (χ0v) is 18.2. The molecule has 0 amide bonds. The molecule has 7 heteroatoms. The van der Waals surface area contributed by atoms with E-state index in [1.54, 1.807) is 0 Å². The number of nitrogens with zero attached hydrogens (tertiary/aromatic N) is 4. The number of ether oxygens (including phenoxy) is 2. The maximum atomic E-state index is 5.56. The third kappa shape index (κ3) is 6.31. The molecule has 0 aromatic carbocycles. The van der Waals surface area contributed by atoms with Gasteiger partial charge in [0.2, 0.25) is 0 Å². The molecule has 0 bridgehead atoms. The zero-order chi connectivity index (χ0) is 19.8. The third-order valence-electron chi connectivity index (χ3n) is 6.12. The number of nitrogens with one attached hydrogen (secondary N) is 1. The summed E-state index contributed by atoms with van der Waals surface area (Å²) in [6.07, 6.45) is 2.42. The van der Waals surface area contributed by atoms with E-state index in [1.165, 1.54) is 12.8 Å². The van der Waals surface area contributed by atoms with Gasteiger partial charge in [-0.2, -0.15) is 0 Å². The molecule has 0 aromatic heterocycles. The Balaban J connectivity index is 1.60. The van der Waals surface area contributed by atoms with Gasteiger partial charge in [-0.15, -0.1) is 0 Å². The molecule has 3 aliphatic rings. The van der Waals surface area contributed by atoms with E-state index in [0.29, 0.717) is 18.0 Å². The third-order valence-corrected chi connectivity index (χ3v) is 6.12. The fourth-order valence-corrected chi connectivity index (χ4v) is 4.62. The predicted octanol–water partition coefficient (Wildman–Crippen LogP) is 1.11. The number of likely N-dealkylation sites (tertiary alicyclic amines) is 1. The molecule has 28 heavy (non-hydrogen) atoms. The fraction of sp³-hybridized carbons (Fsp3) is 0.952. The lowest BCUT2D eigenvalue weighted by atomic mass is 10.0. The highest BCUT2D eigenvalue weighted by atomic mass is 16.5. The molecule has 0 spiro atoms. The molecule has 1 N–H and O–H groups in total. The minimum atomic E-state index is 0.509. The highest BCUT2D eigenvalue weighted by Gasteiger charge is 2.30. The fourth-order valence-electron chi connectivity index (χ4n) is 4.62. The van der Waals surface area contributed by atoms with Crippen molar-refractivity contribution >= 4 is 5.96 Å². The largest absolute Gasteiger partial charge is 0.379 e. The number of guanidine groups is 1. The first kappa shape index (κ1) is 21.8. The summed E-state index contributed by atoms with van der Waals surface area (Å²) in [6, 6.07) is 1.15. The molecule has 162 valence electrons. The summed E-state index contributed by atoms with van der Waals surface area (Å²) in [4.78, 5) is 12.8. The van der Waals surface area contributed by atoms with E-state index in [2.05, 4.69) is 40.8 Å². The summed E-state index contributed by atoms with van der Waals surface area (Å²) in [7, 11) is 0. The van der Waals surface area contributed by atoms with Crippen LogP contribution in [-0.4, -0.2) is 112 Å². The smallest absolute Gasteiger partial charge is 0.194 e. The molecule has 0 saturated carbocycles. The number of aliphatic imine (C=N–C) groups is 1. The Morgan fingerprint density at radius 1 is 1.04 bits per heavy atom. The van der Waals surface area contributed by atoms with Crippen molar-refractivity contribution < 1.29 is 9.47 Å². The van der Waals surface area contributed by atoms with Crippen LogP contribution in [0.5, 0.6) is 0 Å². The van der Waals surface area contributed by atoms with Crippen LogP contribution in [0.2, 0.25) is 0 Å². The standard InChI is InChI=1S/C21H41N5O2/c1-4-22-21(26-6-5-19(17-26)24-7-11-27-12-8-24)23-16-20(15-18(2)3)25-9-13-28-14-10-25/h18-20H,4-17H2,1-3H3,(H,22,23). The van der Waals surface area contributed by atoms with Crippen LogP contribution in [0.4, 0.5) is 0 Å². The Morgan fingerprint density at radius 3 is 2.36 bits per heavy atom. The van der Waals surface area contributed by atoms with Gasteiger partial charge in [-0.05, 0) is 25.7 Å². The lowest BCUT2D eigenvalue weighted by Gasteiger charge is -2.35. The summed E-state index contributed by atoms with van der Waals surface area (Å²) in [5, 5.41) is 3.55. The molecule has 3 saturated heterocycles. The second-order valence-electron chi connectivity index (χ2n) is 8.66. The molecule has 3 heterocycles. The Morgan fingerprint density at radius 2 is 1.71 bits per heavy atom. The Hall–Kier alpha value is -0.890. The van der Waals surface area contributed by atoms with Crippen LogP contribution in [0.15, 0.2) is 4.99 Å². The molecule has 3 aliphatic heterocycles. The summed E-state index contributed by atoms with van der Waals surface area (Å²) in [6.45, 7) is 18.4. The summed E-state index contributed by atoms with van der Waals surface area (Å²) in [5.41, 5.74) is 0. The zero-order valence-electron chi connectivity index (χ0n) is 18.2. The first-order chi connectivity index (χ1) is 13.7. The molecule has 0 aliphatic carbocycles. The molecular weight excluding hydrogens is 354 g/mol. The van der Waals surface area contributed by atoms with Crippen molar-refractivity contribution in [2.24, 2.45) is 10.9 Å². The average molecular weight is 396 g/mol. The van der Waals surface area contributed by atoms with E-state index >= 15 is 0 Å². The highest BCUT2D eigenvalue weighted by Crippen LogP contribution is 2.18. The van der Waals surface area contributed by atoms with Gasteiger partial charge in [0.05, 0.1) is 33.0 Å². The van der Waals surface area contributed by atoms with E-state index in [0.717, 1.165) is 84.7 Å². The maximum absolute atomic E-state index is 5.56. The van der Waals surface area contributed by atoms with Gasteiger partial charge in [-0.3, -0.25) is 14.8 Å². The lowest BCUT2D eigenvalue weighted by Crippen LogP contribution is -2.48. The summed E-state index contributed by atoms with van der Waals surface area (Å²) in [5.74, 6) is 1.78. The second-order valence-corrected chi connectivity index (χ2v) is 8.66. The monoisotopic (exact) mass is 395 g/mol. The molecular formula is C21H41N5O2. The summed E-state index contributed by atoms with van der Waals surface area (Å²) < 4.78 is 11.1. The van der Waals surface area contributed by atoms with Crippen LogP contribution in [-0.2, 0) is 9.47 Å². The van der Waals surface area contributed by atoms with Gasteiger partial charge in [0.25, 0.3) is 0 Å². The van der Waals surface area contributed by atoms with Gasteiger partial charge in [-0.25, -0.2) is 0 Å². The van der Waals surface area contributed by atoms with Crippen molar-refractivity contribution in [1.82, 2.24) is 20.0 Å². The molecule has 3 fully saturated rings. The first-order valence-electron chi connectivity index (χ1n) is 11.3.